The summed E-state index contributed by atoms with van der Waals surface area (Å²) in [5, 5.41) is 8.14. The van der Waals surface area contributed by atoms with Gasteiger partial charge in [-0.2, -0.15) is 0 Å². The van der Waals surface area contributed by atoms with Crippen molar-refractivity contribution in [3.8, 4) is 16.9 Å². The van der Waals surface area contributed by atoms with Crippen molar-refractivity contribution in [2.24, 2.45) is 0 Å². The standard InChI is InChI=1S/C14H10FN3/c15-12-6-8-13(9-7-12)18-10-14(16-17-18)11-4-2-1-3-5-11/h1-10H. The van der Waals surface area contributed by atoms with E-state index in [4.69, 9.17) is 0 Å². The topological polar surface area (TPSA) is 30.7 Å². The number of halogens is 1. The van der Waals surface area contributed by atoms with E-state index in [2.05, 4.69) is 10.3 Å². The maximum Gasteiger partial charge on any atom is 0.123 e. The first-order valence-corrected chi connectivity index (χ1v) is 5.57. The summed E-state index contributed by atoms with van der Waals surface area (Å²) in [6.45, 7) is 0. The zero-order valence-corrected chi connectivity index (χ0v) is 9.49. The highest BCUT2D eigenvalue weighted by atomic mass is 19.1. The third kappa shape index (κ3) is 2.00. The van der Waals surface area contributed by atoms with Gasteiger partial charge in [0.1, 0.15) is 11.5 Å². The number of hydrogen-bond acceptors (Lipinski definition) is 2. The van der Waals surface area contributed by atoms with Gasteiger partial charge in [-0.3, -0.25) is 0 Å². The van der Waals surface area contributed by atoms with Crippen LogP contribution in [0.4, 0.5) is 4.39 Å². The van der Waals surface area contributed by atoms with Crippen LogP contribution in [0.5, 0.6) is 0 Å². The van der Waals surface area contributed by atoms with Gasteiger partial charge in [0, 0.05) is 5.56 Å². The van der Waals surface area contributed by atoms with Crippen LogP contribution in [-0.4, -0.2) is 15.0 Å². The summed E-state index contributed by atoms with van der Waals surface area (Å²) in [5.74, 6) is -0.262. The van der Waals surface area contributed by atoms with Crippen molar-refractivity contribution in [1.29, 1.82) is 0 Å². The number of benzene rings is 2. The summed E-state index contributed by atoms with van der Waals surface area (Å²) >= 11 is 0. The second-order valence-corrected chi connectivity index (χ2v) is 3.89. The smallest absolute Gasteiger partial charge is 0.123 e. The van der Waals surface area contributed by atoms with Gasteiger partial charge in [-0.05, 0) is 24.3 Å². The van der Waals surface area contributed by atoms with Gasteiger partial charge in [0.15, 0.2) is 0 Å². The van der Waals surface area contributed by atoms with E-state index in [1.54, 1.807) is 16.8 Å². The number of nitrogens with zero attached hydrogens (tertiary/aromatic N) is 3. The molecule has 18 heavy (non-hydrogen) atoms. The molecule has 0 bridgehead atoms. The van der Waals surface area contributed by atoms with E-state index in [1.165, 1.54) is 12.1 Å². The van der Waals surface area contributed by atoms with Crippen LogP contribution in [0, 0.1) is 5.82 Å². The molecule has 0 saturated heterocycles. The molecule has 0 amide bonds. The Kier molecular flexibility index (Phi) is 2.61. The lowest BCUT2D eigenvalue weighted by Gasteiger charge is -1.98. The minimum atomic E-state index is -0.262. The van der Waals surface area contributed by atoms with Crippen LogP contribution >= 0.6 is 0 Å². The average Bonchev–Trinajstić information content (AvgIpc) is 2.90. The average molecular weight is 239 g/mol. The molecule has 3 rings (SSSR count). The van der Waals surface area contributed by atoms with Gasteiger partial charge in [0.05, 0.1) is 11.9 Å². The molecule has 4 heteroatoms. The van der Waals surface area contributed by atoms with Gasteiger partial charge in [-0.25, -0.2) is 9.07 Å². The highest BCUT2D eigenvalue weighted by molar-refractivity contribution is 5.57. The largest absolute Gasteiger partial charge is 0.220 e. The first-order chi connectivity index (χ1) is 8.83. The van der Waals surface area contributed by atoms with Gasteiger partial charge in [0.25, 0.3) is 0 Å². The highest BCUT2D eigenvalue weighted by Gasteiger charge is 2.04. The first-order valence-electron chi connectivity index (χ1n) is 5.57. The summed E-state index contributed by atoms with van der Waals surface area (Å²) in [7, 11) is 0. The zero-order chi connectivity index (χ0) is 12.4. The Balaban J connectivity index is 1.97. The molecule has 0 unspecified atom stereocenters. The number of hydrogen-bond donors (Lipinski definition) is 0. The van der Waals surface area contributed by atoms with Gasteiger partial charge in [0.2, 0.25) is 0 Å². The molecule has 0 aliphatic rings. The van der Waals surface area contributed by atoms with Crippen molar-refractivity contribution in [3.63, 3.8) is 0 Å². The van der Waals surface area contributed by atoms with Crippen LogP contribution in [0.2, 0.25) is 0 Å². The Hall–Kier alpha value is -2.49. The zero-order valence-electron chi connectivity index (χ0n) is 9.49. The van der Waals surface area contributed by atoms with Crippen molar-refractivity contribution in [3.05, 3.63) is 66.6 Å². The second kappa shape index (κ2) is 4.41. The van der Waals surface area contributed by atoms with Gasteiger partial charge in [-0.1, -0.05) is 35.5 Å². The van der Waals surface area contributed by atoms with E-state index >= 15 is 0 Å². The molecular weight excluding hydrogens is 229 g/mol. The molecule has 0 aliphatic heterocycles. The predicted molar refractivity (Wildman–Crippen MR) is 66.8 cm³/mol. The van der Waals surface area contributed by atoms with Crippen LogP contribution in [0.3, 0.4) is 0 Å². The van der Waals surface area contributed by atoms with Crippen LogP contribution in [-0.2, 0) is 0 Å². The molecule has 0 saturated carbocycles. The SMILES string of the molecule is Fc1ccc(-n2cc(-c3ccccc3)nn2)cc1. The lowest BCUT2D eigenvalue weighted by atomic mass is 10.2. The Bertz CT molecular complexity index is 644. The Morgan fingerprint density at radius 2 is 1.61 bits per heavy atom. The van der Waals surface area contributed by atoms with Crippen LogP contribution in [0.25, 0.3) is 16.9 Å². The fraction of sp³-hybridized carbons (Fsp3) is 0. The fourth-order valence-corrected chi connectivity index (χ4v) is 1.73. The Labute approximate surface area is 104 Å². The summed E-state index contributed by atoms with van der Waals surface area (Å²) in [4.78, 5) is 0. The normalized spacial score (nSPS) is 10.5. The molecule has 0 aliphatic carbocycles. The maximum atomic E-state index is 12.8. The molecule has 3 nitrogen and oxygen atoms in total. The van der Waals surface area contributed by atoms with Crippen molar-refractivity contribution >= 4 is 0 Å². The van der Waals surface area contributed by atoms with E-state index < -0.39 is 0 Å². The molecule has 88 valence electrons. The molecule has 0 spiro atoms. The summed E-state index contributed by atoms with van der Waals surface area (Å²) in [5.41, 5.74) is 2.58. The summed E-state index contributed by atoms with van der Waals surface area (Å²) < 4.78 is 14.5. The minimum Gasteiger partial charge on any atom is -0.220 e. The highest BCUT2D eigenvalue weighted by Crippen LogP contribution is 2.17. The first kappa shape index (κ1) is 10.7. The van der Waals surface area contributed by atoms with E-state index in [0.29, 0.717) is 0 Å². The molecule has 0 atom stereocenters. The van der Waals surface area contributed by atoms with Crippen molar-refractivity contribution in [1.82, 2.24) is 15.0 Å². The Morgan fingerprint density at radius 3 is 2.33 bits per heavy atom. The lowest BCUT2D eigenvalue weighted by Crippen LogP contribution is -1.94. The van der Waals surface area contributed by atoms with E-state index in [9.17, 15) is 4.39 Å². The molecule has 1 heterocycles. The van der Waals surface area contributed by atoms with Crippen molar-refractivity contribution in [2.45, 2.75) is 0 Å². The van der Waals surface area contributed by atoms with Gasteiger partial charge >= 0.3 is 0 Å². The third-order valence-corrected chi connectivity index (χ3v) is 2.65. The fourth-order valence-electron chi connectivity index (χ4n) is 1.73. The van der Waals surface area contributed by atoms with Crippen LogP contribution < -0.4 is 0 Å². The monoisotopic (exact) mass is 239 g/mol. The summed E-state index contributed by atoms with van der Waals surface area (Å²) in [6.07, 6.45) is 1.82. The van der Waals surface area contributed by atoms with Crippen LogP contribution in [0.1, 0.15) is 0 Å². The maximum absolute atomic E-state index is 12.8. The van der Waals surface area contributed by atoms with Crippen molar-refractivity contribution < 1.29 is 4.39 Å². The van der Waals surface area contributed by atoms with Crippen LogP contribution in [0.15, 0.2) is 60.8 Å². The van der Waals surface area contributed by atoms with Gasteiger partial charge < -0.3 is 0 Å². The second-order valence-electron chi connectivity index (χ2n) is 3.89. The molecule has 2 aromatic carbocycles. The number of aromatic nitrogens is 3. The molecule has 1 aromatic heterocycles. The minimum absolute atomic E-state index is 0.262. The van der Waals surface area contributed by atoms with E-state index in [-0.39, 0.29) is 5.82 Å². The van der Waals surface area contributed by atoms with Gasteiger partial charge in [-0.15, -0.1) is 5.10 Å². The predicted octanol–water partition coefficient (Wildman–Crippen LogP) is 3.07. The molecule has 0 radical (unpaired) electrons. The lowest BCUT2D eigenvalue weighted by molar-refractivity contribution is 0.626. The van der Waals surface area contributed by atoms with E-state index in [1.807, 2.05) is 36.5 Å². The quantitative estimate of drug-likeness (QED) is 0.688. The molecule has 0 fully saturated rings. The summed E-state index contributed by atoms with van der Waals surface area (Å²) in [6, 6.07) is 15.9. The molecular formula is C14H10FN3. The van der Waals surface area contributed by atoms with E-state index in [0.717, 1.165) is 16.9 Å². The third-order valence-electron chi connectivity index (χ3n) is 2.65. The van der Waals surface area contributed by atoms with Crippen molar-refractivity contribution in [2.75, 3.05) is 0 Å². The Morgan fingerprint density at radius 1 is 0.889 bits per heavy atom. The number of rotatable bonds is 2. The molecule has 3 aromatic rings. The molecule has 0 N–H and O–H groups in total.